The van der Waals surface area contributed by atoms with E-state index in [4.69, 9.17) is 5.11 Å². The van der Waals surface area contributed by atoms with Crippen LogP contribution in [0.25, 0.3) is 0 Å². The zero-order valence-corrected chi connectivity index (χ0v) is 9.93. The molecule has 0 unspecified atom stereocenters. The van der Waals surface area contributed by atoms with Gasteiger partial charge in [-0.15, -0.1) is 0 Å². The number of carbonyl (C=O) groups is 2. The lowest BCUT2D eigenvalue weighted by molar-refractivity contribution is -0.144. The molecule has 0 aliphatic rings. The van der Waals surface area contributed by atoms with E-state index in [1.54, 1.807) is 4.90 Å². The first kappa shape index (κ1) is 13.2. The van der Waals surface area contributed by atoms with Gasteiger partial charge >= 0.3 is 5.97 Å². The largest absolute Gasteiger partial charge is 0.481 e. The molecule has 0 atom stereocenters. The predicted octanol–water partition coefficient (Wildman–Crippen LogP) is 1.90. The van der Waals surface area contributed by atoms with Crippen molar-refractivity contribution in [1.82, 2.24) is 4.90 Å². The standard InChI is InChI=1S/C13H17NO3/c1-2-8-14(12(15)9-13(16)17)10-11-6-4-3-5-7-11/h3-7H,2,8-10H2,1H3,(H,16,17). The Bertz CT molecular complexity index is 376. The van der Waals surface area contributed by atoms with E-state index in [-0.39, 0.29) is 5.91 Å². The van der Waals surface area contributed by atoms with Gasteiger partial charge in [0.05, 0.1) is 0 Å². The van der Waals surface area contributed by atoms with Gasteiger partial charge in [-0.05, 0) is 12.0 Å². The fraction of sp³-hybridized carbons (Fsp3) is 0.385. The Hall–Kier alpha value is -1.84. The molecular weight excluding hydrogens is 218 g/mol. The number of carboxylic acid groups (broad SMARTS) is 1. The van der Waals surface area contributed by atoms with Crippen molar-refractivity contribution in [1.29, 1.82) is 0 Å². The second-order valence-corrected chi connectivity index (χ2v) is 3.87. The lowest BCUT2D eigenvalue weighted by Crippen LogP contribution is -2.32. The normalized spacial score (nSPS) is 9.94. The molecular formula is C13H17NO3. The SMILES string of the molecule is CCCN(Cc1ccccc1)C(=O)CC(=O)O. The number of carbonyl (C=O) groups excluding carboxylic acids is 1. The third kappa shape index (κ3) is 4.68. The molecule has 1 amide bonds. The van der Waals surface area contributed by atoms with Crippen LogP contribution in [0, 0.1) is 0 Å². The molecule has 4 heteroatoms. The summed E-state index contributed by atoms with van der Waals surface area (Å²) in [6.45, 7) is 3.02. The molecule has 0 radical (unpaired) electrons. The average Bonchev–Trinajstić information content (AvgIpc) is 2.29. The Morgan fingerprint density at radius 1 is 1.24 bits per heavy atom. The van der Waals surface area contributed by atoms with Crippen molar-refractivity contribution in [2.24, 2.45) is 0 Å². The van der Waals surface area contributed by atoms with Crippen LogP contribution in [-0.2, 0) is 16.1 Å². The molecule has 1 N–H and O–H groups in total. The minimum atomic E-state index is -1.08. The fourth-order valence-electron chi connectivity index (χ4n) is 1.61. The van der Waals surface area contributed by atoms with Gasteiger partial charge in [-0.25, -0.2) is 0 Å². The van der Waals surface area contributed by atoms with Gasteiger partial charge < -0.3 is 10.0 Å². The van der Waals surface area contributed by atoms with Gasteiger partial charge in [0.25, 0.3) is 0 Å². The summed E-state index contributed by atoms with van der Waals surface area (Å²) in [5.41, 5.74) is 1.01. The number of hydrogen-bond donors (Lipinski definition) is 1. The van der Waals surface area contributed by atoms with Crippen LogP contribution in [0.3, 0.4) is 0 Å². The molecule has 0 fully saturated rings. The maximum absolute atomic E-state index is 11.7. The van der Waals surface area contributed by atoms with Crippen LogP contribution in [0.2, 0.25) is 0 Å². The predicted molar refractivity (Wildman–Crippen MR) is 64.4 cm³/mol. The number of carboxylic acids is 1. The molecule has 0 aromatic heterocycles. The van der Waals surface area contributed by atoms with Gasteiger partial charge in [0.2, 0.25) is 5.91 Å². The van der Waals surface area contributed by atoms with Gasteiger partial charge in [0.1, 0.15) is 6.42 Å². The van der Waals surface area contributed by atoms with Crippen molar-refractivity contribution in [3.8, 4) is 0 Å². The third-order valence-electron chi connectivity index (χ3n) is 2.36. The fourth-order valence-corrected chi connectivity index (χ4v) is 1.61. The van der Waals surface area contributed by atoms with Crippen molar-refractivity contribution < 1.29 is 14.7 Å². The number of aliphatic carboxylic acids is 1. The third-order valence-corrected chi connectivity index (χ3v) is 2.36. The number of amides is 1. The van der Waals surface area contributed by atoms with Gasteiger partial charge in [-0.2, -0.15) is 0 Å². The topological polar surface area (TPSA) is 57.6 Å². The number of rotatable bonds is 6. The van der Waals surface area contributed by atoms with E-state index in [2.05, 4.69) is 0 Å². The molecule has 0 aliphatic carbocycles. The molecule has 1 aromatic rings. The number of benzene rings is 1. The maximum Gasteiger partial charge on any atom is 0.312 e. The van der Waals surface area contributed by atoms with Crippen molar-refractivity contribution in [2.75, 3.05) is 6.54 Å². The highest BCUT2D eigenvalue weighted by Gasteiger charge is 2.16. The molecule has 1 aromatic carbocycles. The van der Waals surface area contributed by atoms with E-state index in [9.17, 15) is 9.59 Å². The highest BCUT2D eigenvalue weighted by atomic mass is 16.4. The van der Waals surface area contributed by atoms with E-state index in [0.717, 1.165) is 12.0 Å². The van der Waals surface area contributed by atoms with Gasteiger partial charge in [0.15, 0.2) is 0 Å². The van der Waals surface area contributed by atoms with Crippen LogP contribution < -0.4 is 0 Å². The van der Waals surface area contributed by atoms with Crippen molar-refractivity contribution in [2.45, 2.75) is 26.3 Å². The molecule has 0 spiro atoms. The molecule has 0 heterocycles. The first-order chi connectivity index (χ1) is 8.13. The molecule has 0 aliphatic heterocycles. The van der Waals surface area contributed by atoms with Gasteiger partial charge in [0, 0.05) is 13.1 Å². The smallest absolute Gasteiger partial charge is 0.312 e. The Morgan fingerprint density at radius 2 is 1.88 bits per heavy atom. The average molecular weight is 235 g/mol. The molecule has 0 saturated carbocycles. The van der Waals surface area contributed by atoms with Crippen LogP contribution >= 0.6 is 0 Å². The second kappa shape index (κ2) is 6.68. The first-order valence-electron chi connectivity index (χ1n) is 5.67. The Morgan fingerprint density at radius 3 is 2.41 bits per heavy atom. The van der Waals surface area contributed by atoms with Crippen molar-refractivity contribution >= 4 is 11.9 Å². The molecule has 0 saturated heterocycles. The second-order valence-electron chi connectivity index (χ2n) is 3.87. The minimum absolute atomic E-state index is 0.330. The van der Waals surface area contributed by atoms with Crippen LogP contribution in [-0.4, -0.2) is 28.4 Å². The van der Waals surface area contributed by atoms with Crippen LogP contribution in [0.1, 0.15) is 25.3 Å². The zero-order valence-electron chi connectivity index (χ0n) is 9.93. The van der Waals surface area contributed by atoms with Crippen molar-refractivity contribution in [3.63, 3.8) is 0 Å². The monoisotopic (exact) mass is 235 g/mol. The summed E-state index contributed by atoms with van der Waals surface area (Å²) in [6.07, 6.45) is 0.380. The summed E-state index contributed by atoms with van der Waals surface area (Å²) < 4.78 is 0. The van der Waals surface area contributed by atoms with E-state index < -0.39 is 12.4 Å². The van der Waals surface area contributed by atoms with Crippen LogP contribution in [0.4, 0.5) is 0 Å². The highest BCUT2D eigenvalue weighted by molar-refractivity contribution is 5.93. The number of hydrogen-bond acceptors (Lipinski definition) is 2. The van der Waals surface area contributed by atoms with Gasteiger partial charge in [-0.3, -0.25) is 9.59 Å². The molecule has 1 rings (SSSR count). The van der Waals surface area contributed by atoms with Gasteiger partial charge in [-0.1, -0.05) is 37.3 Å². The lowest BCUT2D eigenvalue weighted by Gasteiger charge is -2.21. The Labute approximate surface area is 101 Å². The van der Waals surface area contributed by atoms with Crippen LogP contribution in [0.5, 0.6) is 0 Å². The summed E-state index contributed by atoms with van der Waals surface area (Å²) >= 11 is 0. The molecule has 0 bridgehead atoms. The van der Waals surface area contributed by atoms with Crippen LogP contribution in [0.15, 0.2) is 30.3 Å². The number of nitrogens with zero attached hydrogens (tertiary/aromatic N) is 1. The highest BCUT2D eigenvalue weighted by Crippen LogP contribution is 2.06. The minimum Gasteiger partial charge on any atom is -0.481 e. The summed E-state index contributed by atoms with van der Waals surface area (Å²) in [4.78, 5) is 23.8. The summed E-state index contributed by atoms with van der Waals surface area (Å²) in [5.74, 6) is -1.41. The Balaban J connectivity index is 2.66. The quantitative estimate of drug-likeness (QED) is 0.766. The lowest BCUT2D eigenvalue weighted by atomic mass is 10.2. The first-order valence-corrected chi connectivity index (χ1v) is 5.67. The van der Waals surface area contributed by atoms with Crippen molar-refractivity contribution in [3.05, 3.63) is 35.9 Å². The summed E-state index contributed by atoms with van der Waals surface area (Å²) in [6, 6.07) is 9.57. The summed E-state index contributed by atoms with van der Waals surface area (Å²) in [5, 5.41) is 8.62. The van der Waals surface area contributed by atoms with E-state index in [0.29, 0.717) is 13.1 Å². The molecule has 4 nitrogen and oxygen atoms in total. The van der Waals surface area contributed by atoms with E-state index in [1.807, 2.05) is 37.3 Å². The zero-order chi connectivity index (χ0) is 12.7. The molecule has 92 valence electrons. The maximum atomic E-state index is 11.7. The van der Waals surface area contributed by atoms with E-state index >= 15 is 0 Å². The summed E-state index contributed by atoms with van der Waals surface area (Å²) in [7, 11) is 0. The van der Waals surface area contributed by atoms with E-state index in [1.165, 1.54) is 0 Å². The Kier molecular flexibility index (Phi) is 5.20. The molecule has 17 heavy (non-hydrogen) atoms.